The Kier molecular flexibility index (Phi) is 5.56. The molecule has 4 aliphatic rings. The highest BCUT2D eigenvalue weighted by atomic mass is 32.2. The van der Waals surface area contributed by atoms with Crippen molar-refractivity contribution in [1.82, 2.24) is 20.5 Å². The van der Waals surface area contributed by atoms with E-state index in [1.807, 2.05) is 6.92 Å². The Balaban J connectivity index is 1.23. The van der Waals surface area contributed by atoms with Gasteiger partial charge >= 0.3 is 10.2 Å². The summed E-state index contributed by atoms with van der Waals surface area (Å²) < 4.78 is 55.1. The van der Waals surface area contributed by atoms with Gasteiger partial charge in [0, 0.05) is 69.9 Å². The SMILES string of the molecule is Cc1ccc(CN2CCC3(CC2)CNCN3)cc1-c1ccc2c(n1)N(C)S(=O)(=O)N2CC1CC1(F)F. The average Bonchev–Trinajstić information content (AvgIpc) is 3.15. The lowest BCUT2D eigenvalue weighted by Crippen LogP contribution is -2.51. The van der Waals surface area contributed by atoms with Gasteiger partial charge in [0.2, 0.25) is 0 Å². The lowest BCUT2D eigenvalue weighted by molar-refractivity contribution is 0.101. The number of alkyl halides is 2. The van der Waals surface area contributed by atoms with Crippen molar-refractivity contribution < 1.29 is 17.2 Å². The van der Waals surface area contributed by atoms with Crippen molar-refractivity contribution in [3.8, 4) is 11.3 Å². The molecule has 3 fully saturated rings. The van der Waals surface area contributed by atoms with E-state index in [0.29, 0.717) is 11.4 Å². The van der Waals surface area contributed by atoms with Crippen LogP contribution in [-0.4, -0.2) is 69.7 Å². The Morgan fingerprint density at radius 3 is 2.58 bits per heavy atom. The molecule has 8 nitrogen and oxygen atoms in total. The van der Waals surface area contributed by atoms with Gasteiger partial charge in [-0.05, 0) is 49.1 Å². The van der Waals surface area contributed by atoms with Gasteiger partial charge in [-0.25, -0.2) is 22.4 Å². The second-order valence-corrected chi connectivity index (χ2v) is 12.6. The summed E-state index contributed by atoms with van der Waals surface area (Å²) in [5.41, 5.74) is 4.44. The van der Waals surface area contributed by atoms with Crippen LogP contribution in [0.25, 0.3) is 11.3 Å². The highest BCUT2D eigenvalue weighted by molar-refractivity contribution is 7.94. The minimum atomic E-state index is -3.92. The molecule has 2 saturated heterocycles. The molecule has 1 aliphatic carbocycles. The summed E-state index contributed by atoms with van der Waals surface area (Å²) in [5.74, 6) is -3.46. The van der Waals surface area contributed by atoms with Gasteiger partial charge in [0.15, 0.2) is 5.82 Å². The molecule has 2 N–H and O–H groups in total. The van der Waals surface area contributed by atoms with Crippen molar-refractivity contribution in [3.05, 3.63) is 41.5 Å². The molecule has 36 heavy (non-hydrogen) atoms. The molecule has 1 aromatic carbocycles. The van der Waals surface area contributed by atoms with E-state index in [4.69, 9.17) is 4.98 Å². The molecule has 6 rings (SSSR count). The molecule has 1 saturated carbocycles. The summed E-state index contributed by atoms with van der Waals surface area (Å²) in [4.78, 5) is 7.17. The number of aromatic nitrogens is 1. The van der Waals surface area contributed by atoms with Crippen molar-refractivity contribution in [2.24, 2.45) is 5.92 Å². The predicted octanol–water partition coefficient (Wildman–Crippen LogP) is 2.70. The van der Waals surface area contributed by atoms with E-state index in [1.165, 1.54) is 12.6 Å². The molecule has 3 aliphatic heterocycles. The van der Waals surface area contributed by atoms with E-state index in [-0.39, 0.29) is 24.3 Å². The summed E-state index contributed by atoms with van der Waals surface area (Å²) in [6, 6.07) is 9.84. The Bertz CT molecular complexity index is 1290. The fourth-order valence-corrected chi connectivity index (χ4v) is 7.08. The molecule has 4 heterocycles. The van der Waals surface area contributed by atoms with E-state index < -0.39 is 22.0 Å². The molecule has 1 spiro atoms. The standard InChI is InChI=1S/C25H32F2N6O2S/c1-17-3-4-18(13-32-9-7-24(8-10-32)15-28-16-29-24)11-20(17)21-5-6-22-23(30-21)31(2)36(34,35)33(22)14-19-12-25(19,26)27/h3-6,11,19,28-29H,7-10,12-16H2,1-2H3. The van der Waals surface area contributed by atoms with Crippen molar-refractivity contribution in [1.29, 1.82) is 0 Å². The molecular weight excluding hydrogens is 486 g/mol. The van der Waals surface area contributed by atoms with Gasteiger partial charge in [-0.15, -0.1) is 0 Å². The van der Waals surface area contributed by atoms with Gasteiger partial charge in [0.05, 0.1) is 11.4 Å². The van der Waals surface area contributed by atoms with Crippen LogP contribution in [-0.2, 0) is 16.8 Å². The zero-order chi connectivity index (χ0) is 25.3. The fourth-order valence-electron chi connectivity index (χ4n) is 5.67. The zero-order valence-corrected chi connectivity index (χ0v) is 21.4. The van der Waals surface area contributed by atoms with Gasteiger partial charge < -0.3 is 5.32 Å². The minimum absolute atomic E-state index is 0.231. The molecule has 1 aromatic heterocycles. The lowest BCUT2D eigenvalue weighted by atomic mass is 9.88. The number of nitrogens with zero attached hydrogens (tertiary/aromatic N) is 4. The lowest BCUT2D eigenvalue weighted by Gasteiger charge is -2.39. The number of rotatable bonds is 5. The van der Waals surface area contributed by atoms with Crippen LogP contribution >= 0.6 is 0 Å². The van der Waals surface area contributed by atoms with Crippen LogP contribution in [0.3, 0.4) is 0 Å². The van der Waals surface area contributed by atoms with Crippen LogP contribution in [0.5, 0.6) is 0 Å². The fraction of sp³-hybridized carbons (Fsp3) is 0.560. The number of halogens is 2. The molecule has 1 atom stereocenters. The Labute approximate surface area is 210 Å². The number of likely N-dealkylation sites (tertiary alicyclic amines) is 1. The number of fused-ring (bicyclic) bond motifs is 1. The van der Waals surface area contributed by atoms with E-state index in [1.54, 1.807) is 12.1 Å². The van der Waals surface area contributed by atoms with Gasteiger partial charge in [-0.2, -0.15) is 8.42 Å². The summed E-state index contributed by atoms with van der Waals surface area (Å²) >= 11 is 0. The van der Waals surface area contributed by atoms with Gasteiger partial charge in [-0.3, -0.25) is 10.2 Å². The Morgan fingerprint density at radius 2 is 1.92 bits per heavy atom. The number of anilines is 2. The molecule has 2 aromatic rings. The first-order valence-corrected chi connectivity index (χ1v) is 13.9. The molecular formula is C25H32F2N6O2S. The number of pyridine rings is 1. The average molecular weight is 519 g/mol. The van der Waals surface area contributed by atoms with Crippen molar-refractivity contribution in [3.63, 3.8) is 0 Å². The summed E-state index contributed by atoms with van der Waals surface area (Å²) in [5, 5.41) is 7.02. The number of hydrogen-bond donors (Lipinski definition) is 2. The summed E-state index contributed by atoms with van der Waals surface area (Å²) in [6.07, 6.45) is 1.96. The Morgan fingerprint density at radius 1 is 1.17 bits per heavy atom. The second kappa shape index (κ2) is 8.34. The molecule has 11 heteroatoms. The Hall–Kier alpha value is -2.34. The summed E-state index contributed by atoms with van der Waals surface area (Å²) in [6.45, 7) is 6.62. The highest BCUT2D eigenvalue weighted by Gasteiger charge is 2.59. The van der Waals surface area contributed by atoms with Gasteiger partial charge in [-0.1, -0.05) is 12.1 Å². The summed E-state index contributed by atoms with van der Waals surface area (Å²) in [7, 11) is -2.49. The number of nitrogens with one attached hydrogen (secondary N) is 2. The molecule has 0 radical (unpaired) electrons. The first-order valence-electron chi connectivity index (χ1n) is 12.5. The molecule has 194 valence electrons. The maximum atomic E-state index is 13.5. The quantitative estimate of drug-likeness (QED) is 0.634. The maximum absolute atomic E-state index is 13.5. The number of hydrogen-bond acceptors (Lipinski definition) is 6. The third-order valence-electron chi connectivity index (χ3n) is 8.24. The maximum Gasteiger partial charge on any atom is 0.327 e. The number of benzene rings is 1. The van der Waals surface area contributed by atoms with E-state index in [9.17, 15) is 17.2 Å². The van der Waals surface area contributed by atoms with Crippen LogP contribution in [0, 0.1) is 12.8 Å². The smallest absolute Gasteiger partial charge is 0.303 e. The topological polar surface area (TPSA) is 80.8 Å². The highest BCUT2D eigenvalue weighted by Crippen LogP contribution is 2.51. The van der Waals surface area contributed by atoms with Crippen LogP contribution in [0.1, 0.15) is 30.4 Å². The van der Waals surface area contributed by atoms with Crippen LogP contribution in [0.15, 0.2) is 30.3 Å². The molecule has 0 amide bonds. The van der Waals surface area contributed by atoms with Crippen molar-refractivity contribution in [2.45, 2.75) is 44.2 Å². The molecule has 0 bridgehead atoms. The van der Waals surface area contributed by atoms with Gasteiger partial charge in [0.1, 0.15) is 0 Å². The third-order valence-corrected chi connectivity index (χ3v) is 10.0. The van der Waals surface area contributed by atoms with Crippen molar-refractivity contribution in [2.75, 3.05) is 48.5 Å². The number of aryl methyl sites for hydroxylation is 1. The largest absolute Gasteiger partial charge is 0.327 e. The van der Waals surface area contributed by atoms with E-state index in [0.717, 1.165) is 65.4 Å². The second-order valence-electron chi connectivity index (χ2n) is 10.7. The minimum Gasteiger partial charge on any atom is -0.303 e. The third kappa shape index (κ3) is 4.06. The van der Waals surface area contributed by atoms with Crippen LogP contribution in [0.4, 0.5) is 20.3 Å². The van der Waals surface area contributed by atoms with Crippen molar-refractivity contribution >= 4 is 21.7 Å². The predicted molar refractivity (Wildman–Crippen MR) is 135 cm³/mol. The first kappa shape index (κ1) is 24.0. The number of piperidine rings is 1. The first-order chi connectivity index (χ1) is 17.1. The van der Waals surface area contributed by atoms with E-state index in [2.05, 4.69) is 33.7 Å². The normalized spacial score (nSPS) is 25.9. The molecule has 1 unspecified atom stereocenters. The zero-order valence-electron chi connectivity index (χ0n) is 20.6. The van der Waals surface area contributed by atoms with Gasteiger partial charge in [0.25, 0.3) is 5.92 Å². The monoisotopic (exact) mass is 518 g/mol. The van der Waals surface area contributed by atoms with E-state index >= 15 is 0 Å². The van der Waals surface area contributed by atoms with Crippen LogP contribution in [0.2, 0.25) is 0 Å². The van der Waals surface area contributed by atoms with Crippen LogP contribution < -0.4 is 19.2 Å².